The van der Waals surface area contributed by atoms with Crippen LogP contribution in [0.1, 0.15) is 24.9 Å². The molecule has 1 aliphatic rings. The molecule has 1 fully saturated rings. The zero-order valence-electron chi connectivity index (χ0n) is 13.0. The third-order valence-corrected chi connectivity index (χ3v) is 4.31. The Kier molecular flexibility index (Phi) is 4.20. The minimum atomic E-state index is 0.190. The Hall–Kier alpha value is -2.21. The number of nitrogens with zero attached hydrogens (tertiary/aromatic N) is 5. The molecule has 0 unspecified atom stereocenters. The molecule has 0 aliphatic carbocycles. The van der Waals surface area contributed by atoms with Crippen LogP contribution < -0.4 is 0 Å². The van der Waals surface area contributed by atoms with E-state index >= 15 is 0 Å². The van der Waals surface area contributed by atoms with Gasteiger partial charge in [-0.2, -0.15) is 5.10 Å². The van der Waals surface area contributed by atoms with Crippen molar-refractivity contribution in [2.75, 3.05) is 26.7 Å². The molecule has 2 heterocycles. The summed E-state index contributed by atoms with van der Waals surface area (Å²) < 4.78 is 1.73. The average molecular weight is 299 g/mol. The van der Waals surface area contributed by atoms with Gasteiger partial charge in [-0.25, -0.2) is 9.67 Å². The van der Waals surface area contributed by atoms with E-state index in [0.717, 1.165) is 25.2 Å². The van der Waals surface area contributed by atoms with Crippen molar-refractivity contribution >= 4 is 5.91 Å². The van der Waals surface area contributed by atoms with Gasteiger partial charge in [0, 0.05) is 19.1 Å². The summed E-state index contributed by atoms with van der Waals surface area (Å²) in [6.45, 7) is 4.40. The monoisotopic (exact) mass is 299 g/mol. The smallest absolute Gasteiger partial charge is 0.236 e. The lowest BCUT2D eigenvalue weighted by Crippen LogP contribution is -2.46. The van der Waals surface area contributed by atoms with Crippen molar-refractivity contribution in [3.63, 3.8) is 0 Å². The highest BCUT2D eigenvalue weighted by atomic mass is 16.2. The van der Waals surface area contributed by atoms with Crippen LogP contribution in [0.25, 0.3) is 5.69 Å². The van der Waals surface area contributed by atoms with Gasteiger partial charge in [0.2, 0.25) is 5.91 Å². The molecule has 22 heavy (non-hydrogen) atoms. The summed E-state index contributed by atoms with van der Waals surface area (Å²) in [6.07, 6.45) is 4.33. The van der Waals surface area contributed by atoms with Crippen LogP contribution in [-0.2, 0) is 4.79 Å². The molecule has 0 N–H and O–H groups in total. The van der Waals surface area contributed by atoms with E-state index in [-0.39, 0.29) is 11.9 Å². The van der Waals surface area contributed by atoms with Gasteiger partial charge >= 0.3 is 0 Å². The summed E-state index contributed by atoms with van der Waals surface area (Å²) in [7, 11) is 1.99. The minimum absolute atomic E-state index is 0.190. The SMILES string of the molecule is C[C@H](c1ccc(-n2cncn2)cc1)N(C)CC(=O)N1CCC1. The second kappa shape index (κ2) is 6.27. The van der Waals surface area contributed by atoms with Gasteiger partial charge in [0.1, 0.15) is 12.7 Å². The van der Waals surface area contributed by atoms with Crippen LogP contribution in [-0.4, -0.2) is 57.2 Å². The van der Waals surface area contributed by atoms with E-state index in [1.54, 1.807) is 11.0 Å². The van der Waals surface area contributed by atoms with Gasteiger partial charge < -0.3 is 4.90 Å². The van der Waals surface area contributed by atoms with Crippen LogP contribution in [0.15, 0.2) is 36.9 Å². The van der Waals surface area contributed by atoms with E-state index in [1.165, 1.54) is 11.9 Å². The van der Waals surface area contributed by atoms with Gasteiger partial charge in [-0.15, -0.1) is 0 Å². The first-order valence-corrected chi connectivity index (χ1v) is 7.58. The zero-order chi connectivity index (χ0) is 15.5. The summed E-state index contributed by atoms with van der Waals surface area (Å²) in [5, 5.41) is 4.12. The van der Waals surface area contributed by atoms with Gasteiger partial charge in [-0.3, -0.25) is 9.69 Å². The van der Waals surface area contributed by atoms with E-state index in [4.69, 9.17) is 0 Å². The number of likely N-dealkylation sites (tertiary alicyclic amines) is 1. The Bertz CT molecular complexity index is 618. The van der Waals surface area contributed by atoms with Gasteiger partial charge in [0.25, 0.3) is 0 Å². The summed E-state index contributed by atoms with van der Waals surface area (Å²) in [6, 6.07) is 8.38. The molecular formula is C16H21N5O. The van der Waals surface area contributed by atoms with E-state index in [1.807, 2.05) is 24.1 Å². The predicted octanol–water partition coefficient (Wildman–Crippen LogP) is 1.49. The lowest BCUT2D eigenvalue weighted by molar-refractivity contribution is -0.136. The Morgan fingerprint density at radius 1 is 1.32 bits per heavy atom. The summed E-state index contributed by atoms with van der Waals surface area (Å²) in [5.74, 6) is 0.222. The van der Waals surface area contributed by atoms with Gasteiger partial charge in [-0.1, -0.05) is 12.1 Å². The van der Waals surface area contributed by atoms with Crippen LogP contribution in [0.5, 0.6) is 0 Å². The third kappa shape index (κ3) is 3.01. The van der Waals surface area contributed by atoms with Gasteiger partial charge in [0.15, 0.2) is 0 Å². The standard InChI is InChI=1S/C16H21N5O/c1-13(19(2)10-16(22)20-8-3-9-20)14-4-6-15(7-5-14)21-12-17-11-18-21/h4-7,11-13H,3,8-10H2,1-2H3/t13-/m1/s1. The first kappa shape index (κ1) is 14.7. The Morgan fingerprint density at radius 2 is 2.05 bits per heavy atom. The maximum absolute atomic E-state index is 12.0. The van der Waals surface area contributed by atoms with E-state index in [0.29, 0.717) is 6.54 Å². The van der Waals surface area contributed by atoms with Crippen LogP contribution in [0.3, 0.4) is 0 Å². The predicted molar refractivity (Wildman–Crippen MR) is 83.6 cm³/mol. The molecule has 0 saturated carbocycles. The highest BCUT2D eigenvalue weighted by molar-refractivity contribution is 5.78. The highest BCUT2D eigenvalue weighted by Crippen LogP contribution is 2.20. The van der Waals surface area contributed by atoms with Crippen molar-refractivity contribution in [2.24, 2.45) is 0 Å². The maximum atomic E-state index is 12.0. The van der Waals surface area contributed by atoms with E-state index in [9.17, 15) is 4.79 Å². The summed E-state index contributed by atoms with van der Waals surface area (Å²) >= 11 is 0. The summed E-state index contributed by atoms with van der Waals surface area (Å²) in [5.41, 5.74) is 2.16. The fourth-order valence-corrected chi connectivity index (χ4v) is 2.52. The molecule has 116 valence electrons. The normalized spacial score (nSPS) is 15.7. The average Bonchev–Trinajstić information content (AvgIpc) is 2.99. The number of likely N-dealkylation sites (N-methyl/N-ethyl adjacent to an activating group) is 1. The number of benzene rings is 1. The van der Waals surface area contributed by atoms with Crippen molar-refractivity contribution in [1.29, 1.82) is 0 Å². The molecule has 1 atom stereocenters. The third-order valence-electron chi connectivity index (χ3n) is 4.31. The number of carbonyl (C=O) groups excluding carboxylic acids is 1. The van der Waals surface area contributed by atoms with Gasteiger partial charge in [0.05, 0.1) is 12.2 Å². The number of hydrogen-bond acceptors (Lipinski definition) is 4. The van der Waals surface area contributed by atoms with Crippen LogP contribution >= 0.6 is 0 Å². The number of hydrogen-bond donors (Lipinski definition) is 0. The Balaban J connectivity index is 1.63. The largest absolute Gasteiger partial charge is 0.341 e. The molecule has 1 aliphatic heterocycles. The Morgan fingerprint density at radius 3 is 2.59 bits per heavy atom. The number of carbonyl (C=O) groups is 1. The molecule has 0 radical (unpaired) electrons. The fourth-order valence-electron chi connectivity index (χ4n) is 2.52. The van der Waals surface area contributed by atoms with Crippen molar-refractivity contribution in [2.45, 2.75) is 19.4 Å². The van der Waals surface area contributed by atoms with Crippen LogP contribution in [0, 0.1) is 0 Å². The van der Waals surface area contributed by atoms with Gasteiger partial charge in [-0.05, 0) is 38.1 Å². The first-order chi connectivity index (χ1) is 10.6. The van der Waals surface area contributed by atoms with Crippen LogP contribution in [0.2, 0.25) is 0 Å². The molecule has 1 aromatic heterocycles. The molecule has 1 saturated heterocycles. The quantitative estimate of drug-likeness (QED) is 0.839. The molecule has 0 spiro atoms. The number of rotatable bonds is 5. The van der Waals surface area contributed by atoms with E-state index < -0.39 is 0 Å². The molecular weight excluding hydrogens is 278 g/mol. The van der Waals surface area contributed by atoms with Crippen molar-refractivity contribution in [3.05, 3.63) is 42.5 Å². The first-order valence-electron chi connectivity index (χ1n) is 7.58. The summed E-state index contributed by atoms with van der Waals surface area (Å²) in [4.78, 5) is 20.0. The molecule has 1 amide bonds. The number of aromatic nitrogens is 3. The lowest BCUT2D eigenvalue weighted by atomic mass is 10.1. The minimum Gasteiger partial charge on any atom is -0.341 e. The molecule has 2 aromatic rings. The van der Waals surface area contributed by atoms with Crippen molar-refractivity contribution in [3.8, 4) is 5.69 Å². The molecule has 6 heteroatoms. The molecule has 3 rings (SSSR count). The topological polar surface area (TPSA) is 54.3 Å². The van der Waals surface area contributed by atoms with Crippen LogP contribution in [0.4, 0.5) is 0 Å². The second-order valence-corrected chi connectivity index (χ2v) is 5.76. The molecule has 6 nitrogen and oxygen atoms in total. The zero-order valence-corrected chi connectivity index (χ0v) is 13.0. The van der Waals surface area contributed by atoms with Crippen molar-refractivity contribution in [1.82, 2.24) is 24.6 Å². The number of amides is 1. The highest BCUT2D eigenvalue weighted by Gasteiger charge is 2.23. The Labute approximate surface area is 130 Å². The molecule has 1 aromatic carbocycles. The maximum Gasteiger partial charge on any atom is 0.236 e. The molecule has 0 bridgehead atoms. The second-order valence-electron chi connectivity index (χ2n) is 5.76. The lowest BCUT2D eigenvalue weighted by Gasteiger charge is -2.34. The van der Waals surface area contributed by atoms with Crippen molar-refractivity contribution < 1.29 is 4.79 Å². The fraction of sp³-hybridized carbons (Fsp3) is 0.438. The van der Waals surface area contributed by atoms with E-state index in [2.05, 4.69) is 34.0 Å².